The molecule has 0 atom stereocenters. The number of carboxylic acid groups (broad SMARTS) is 2. The van der Waals surface area contributed by atoms with E-state index in [1.807, 2.05) is 12.1 Å². The second-order valence-corrected chi connectivity index (χ2v) is 5.91. The molecular weight excluding hydrogens is 280 g/mol. The van der Waals surface area contributed by atoms with Crippen molar-refractivity contribution in [2.24, 2.45) is 0 Å². The number of carbonyl (C=O) groups is 2. The molecule has 5 rings (SSSR count). The van der Waals surface area contributed by atoms with Crippen LogP contribution in [0.3, 0.4) is 0 Å². The van der Waals surface area contributed by atoms with E-state index in [1.165, 1.54) is 0 Å². The van der Waals surface area contributed by atoms with Gasteiger partial charge in [-0.1, -0.05) is 24.3 Å². The van der Waals surface area contributed by atoms with Crippen molar-refractivity contribution in [2.75, 3.05) is 0 Å². The molecule has 0 aliphatic heterocycles. The van der Waals surface area contributed by atoms with Gasteiger partial charge in [0.05, 0.1) is 11.1 Å². The SMILES string of the molecule is O=C(O)c1cccc2c1C1CCC2c2cccc(C(=O)O)c21. The van der Waals surface area contributed by atoms with Crippen molar-refractivity contribution in [3.63, 3.8) is 0 Å². The largest absolute Gasteiger partial charge is 0.478 e. The van der Waals surface area contributed by atoms with Crippen LogP contribution >= 0.6 is 0 Å². The Bertz CT molecular complexity index is 756. The lowest BCUT2D eigenvalue weighted by molar-refractivity contribution is 0.0686. The van der Waals surface area contributed by atoms with Crippen LogP contribution < -0.4 is 0 Å². The molecule has 2 aromatic carbocycles. The molecule has 0 aromatic heterocycles. The Kier molecular flexibility index (Phi) is 2.64. The molecule has 0 saturated carbocycles. The van der Waals surface area contributed by atoms with E-state index in [9.17, 15) is 19.8 Å². The van der Waals surface area contributed by atoms with Gasteiger partial charge in [-0.15, -0.1) is 0 Å². The lowest BCUT2D eigenvalue weighted by Crippen LogP contribution is -2.28. The highest BCUT2D eigenvalue weighted by Gasteiger charge is 2.41. The molecule has 0 saturated heterocycles. The number of benzene rings is 2. The Morgan fingerprint density at radius 1 is 0.773 bits per heavy atom. The van der Waals surface area contributed by atoms with Gasteiger partial charge in [0.1, 0.15) is 0 Å². The smallest absolute Gasteiger partial charge is 0.335 e. The van der Waals surface area contributed by atoms with E-state index in [4.69, 9.17) is 0 Å². The van der Waals surface area contributed by atoms with E-state index in [0.717, 1.165) is 35.1 Å². The van der Waals surface area contributed by atoms with Crippen LogP contribution in [0.2, 0.25) is 0 Å². The van der Waals surface area contributed by atoms with Crippen LogP contribution in [0.15, 0.2) is 36.4 Å². The normalized spacial score (nSPS) is 21.1. The summed E-state index contributed by atoms with van der Waals surface area (Å²) in [6, 6.07) is 10.8. The van der Waals surface area contributed by atoms with Crippen LogP contribution in [-0.2, 0) is 0 Å². The number of rotatable bonds is 2. The second-order valence-electron chi connectivity index (χ2n) is 5.91. The zero-order valence-electron chi connectivity index (χ0n) is 11.7. The fraction of sp³-hybridized carbons (Fsp3) is 0.222. The first-order valence-corrected chi connectivity index (χ1v) is 7.31. The molecule has 0 spiro atoms. The van der Waals surface area contributed by atoms with Crippen molar-refractivity contribution in [1.82, 2.24) is 0 Å². The van der Waals surface area contributed by atoms with Crippen molar-refractivity contribution in [3.8, 4) is 0 Å². The summed E-state index contributed by atoms with van der Waals surface area (Å²) in [4.78, 5) is 23.1. The van der Waals surface area contributed by atoms with Crippen LogP contribution in [-0.4, -0.2) is 22.2 Å². The minimum atomic E-state index is -0.946. The lowest BCUT2D eigenvalue weighted by atomic mass is 9.62. The predicted molar refractivity (Wildman–Crippen MR) is 79.7 cm³/mol. The van der Waals surface area contributed by atoms with Gasteiger partial charge in [-0.2, -0.15) is 0 Å². The molecule has 110 valence electrons. The molecule has 0 fully saturated rings. The number of carboxylic acids is 2. The highest BCUT2D eigenvalue weighted by Crippen LogP contribution is 2.54. The zero-order chi connectivity index (χ0) is 15.4. The molecule has 0 amide bonds. The summed E-state index contributed by atoms with van der Waals surface area (Å²) < 4.78 is 0. The summed E-state index contributed by atoms with van der Waals surface area (Å²) in [5.74, 6) is -1.92. The van der Waals surface area contributed by atoms with Gasteiger partial charge in [0.25, 0.3) is 0 Å². The topological polar surface area (TPSA) is 74.6 Å². The molecule has 2 N–H and O–H groups in total. The number of hydrogen-bond acceptors (Lipinski definition) is 2. The van der Waals surface area contributed by atoms with Gasteiger partial charge in [0.15, 0.2) is 0 Å². The third-order valence-corrected chi connectivity index (χ3v) is 4.93. The molecule has 4 nitrogen and oxygen atoms in total. The number of fused-ring (bicyclic) bond motifs is 1. The summed E-state index contributed by atoms with van der Waals surface area (Å²) in [7, 11) is 0. The minimum Gasteiger partial charge on any atom is -0.478 e. The predicted octanol–water partition coefficient (Wildman–Crippen LogP) is 3.45. The Hall–Kier alpha value is -2.62. The van der Waals surface area contributed by atoms with Crippen molar-refractivity contribution in [2.45, 2.75) is 24.7 Å². The maximum absolute atomic E-state index is 11.6. The Morgan fingerprint density at radius 2 is 1.23 bits per heavy atom. The van der Waals surface area contributed by atoms with E-state index in [0.29, 0.717) is 11.1 Å². The molecule has 3 aliphatic rings. The molecule has 4 heteroatoms. The van der Waals surface area contributed by atoms with Crippen LogP contribution in [0.1, 0.15) is 67.6 Å². The maximum Gasteiger partial charge on any atom is 0.335 e. The van der Waals surface area contributed by atoms with Crippen molar-refractivity contribution >= 4 is 11.9 Å². The van der Waals surface area contributed by atoms with Crippen LogP contribution in [0, 0.1) is 0 Å². The number of aromatic carboxylic acids is 2. The van der Waals surface area contributed by atoms with E-state index in [1.54, 1.807) is 24.3 Å². The Labute approximate surface area is 127 Å². The van der Waals surface area contributed by atoms with E-state index in [-0.39, 0.29) is 11.8 Å². The quantitative estimate of drug-likeness (QED) is 0.889. The Balaban J connectivity index is 2.04. The standard InChI is InChI=1S/C18H14O4/c19-17(20)13-5-1-3-10-9-7-8-12(15(10)13)16-11(9)4-2-6-14(16)18(21)22/h1-6,9,12H,7-8H2,(H,19,20)(H,21,22). The van der Waals surface area contributed by atoms with Gasteiger partial charge in [-0.3, -0.25) is 0 Å². The molecule has 2 aromatic rings. The average molecular weight is 294 g/mol. The van der Waals surface area contributed by atoms with Crippen LogP contribution in [0.4, 0.5) is 0 Å². The van der Waals surface area contributed by atoms with E-state index in [2.05, 4.69) is 0 Å². The Morgan fingerprint density at radius 3 is 1.68 bits per heavy atom. The van der Waals surface area contributed by atoms with Gasteiger partial charge < -0.3 is 10.2 Å². The molecule has 0 heterocycles. The molecular formula is C18H14O4. The van der Waals surface area contributed by atoms with Crippen molar-refractivity contribution < 1.29 is 19.8 Å². The highest BCUT2D eigenvalue weighted by molar-refractivity contribution is 5.93. The van der Waals surface area contributed by atoms with E-state index >= 15 is 0 Å². The maximum atomic E-state index is 11.6. The van der Waals surface area contributed by atoms with Gasteiger partial charge in [0, 0.05) is 11.8 Å². The summed E-state index contributed by atoms with van der Waals surface area (Å²) in [6.07, 6.45) is 1.75. The van der Waals surface area contributed by atoms with Gasteiger partial charge in [0.2, 0.25) is 0 Å². The monoisotopic (exact) mass is 294 g/mol. The van der Waals surface area contributed by atoms with Gasteiger partial charge >= 0.3 is 11.9 Å². The fourth-order valence-electron chi connectivity index (χ4n) is 4.17. The van der Waals surface area contributed by atoms with E-state index < -0.39 is 11.9 Å². The zero-order valence-corrected chi connectivity index (χ0v) is 11.7. The minimum absolute atomic E-state index is 0.105. The lowest BCUT2D eigenvalue weighted by Gasteiger charge is -2.41. The highest BCUT2D eigenvalue weighted by atomic mass is 16.4. The first-order chi connectivity index (χ1) is 10.6. The average Bonchev–Trinajstić information content (AvgIpc) is 2.54. The summed E-state index contributed by atoms with van der Waals surface area (Å²) >= 11 is 0. The fourth-order valence-corrected chi connectivity index (χ4v) is 4.17. The molecule has 0 unspecified atom stereocenters. The van der Waals surface area contributed by atoms with Crippen molar-refractivity contribution in [1.29, 1.82) is 0 Å². The van der Waals surface area contributed by atoms with Gasteiger partial charge in [-0.25, -0.2) is 9.59 Å². The second kappa shape index (κ2) is 4.44. The molecule has 2 bridgehead atoms. The van der Waals surface area contributed by atoms with Gasteiger partial charge in [-0.05, 0) is 47.2 Å². The summed E-state index contributed by atoms with van der Waals surface area (Å²) in [6.45, 7) is 0. The summed E-state index contributed by atoms with van der Waals surface area (Å²) in [5, 5.41) is 19.0. The molecule has 0 radical (unpaired) electrons. The third-order valence-electron chi connectivity index (χ3n) is 4.93. The van der Waals surface area contributed by atoms with Crippen LogP contribution in [0.5, 0.6) is 0 Å². The first kappa shape index (κ1) is 13.1. The molecule has 3 aliphatic carbocycles. The number of hydrogen-bond donors (Lipinski definition) is 2. The molecule has 22 heavy (non-hydrogen) atoms. The first-order valence-electron chi connectivity index (χ1n) is 7.31. The van der Waals surface area contributed by atoms with Crippen molar-refractivity contribution in [3.05, 3.63) is 69.8 Å². The third kappa shape index (κ3) is 1.58. The summed E-state index contributed by atoms with van der Waals surface area (Å²) in [5.41, 5.74) is 4.33. The van der Waals surface area contributed by atoms with Crippen LogP contribution in [0.25, 0.3) is 0 Å².